The molecule has 0 aliphatic carbocycles. The molecule has 1 N–H and O–H groups in total. The van der Waals surface area contributed by atoms with Crippen molar-refractivity contribution in [3.63, 3.8) is 0 Å². The number of benzene rings is 2. The van der Waals surface area contributed by atoms with Crippen molar-refractivity contribution in [3.05, 3.63) is 53.6 Å². The average Bonchev–Trinajstić information content (AvgIpc) is 2.73. The molecule has 0 radical (unpaired) electrons. The molecule has 0 unspecified atom stereocenters. The molecule has 2 aromatic rings. The first-order chi connectivity index (χ1) is 12.4. The van der Waals surface area contributed by atoms with Crippen molar-refractivity contribution in [2.75, 3.05) is 14.8 Å². The standard InChI is InChI=1S/C17H17ClN2O5S2/c1-17(2)11-26(22,23)20(16(17)21)12-7-9-13(10-8-12)27(24,25)19-15-6-4-3-5-14(15)18/h3-10,19H,11H2,1-2H3. The molecule has 144 valence electrons. The number of nitrogens with one attached hydrogen (secondary N) is 1. The lowest BCUT2D eigenvalue weighted by molar-refractivity contribution is -0.123. The molecule has 0 bridgehead atoms. The van der Waals surface area contributed by atoms with Crippen LogP contribution in [-0.4, -0.2) is 28.5 Å². The summed E-state index contributed by atoms with van der Waals surface area (Å²) in [5, 5.41) is 0.244. The van der Waals surface area contributed by atoms with Crippen LogP contribution in [0.4, 0.5) is 11.4 Å². The number of hydrogen-bond donors (Lipinski definition) is 1. The molecule has 0 atom stereocenters. The highest BCUT2D eigenvalue weighted by atomic mass is 35.5. The van der Waals surface area contributed by atoms with Crippen LogP contribution in [0.25, 0.3) is 0 Å². The molecule has 27 heavy (non-hydrogen) atoms. The number of anilines is 2. The third-order valence-corrected chi connectivity index (χ3v) is 7.82. The molecule has 2 aromatic carbocycles. The van der Waals surface area contributed by atoms with Gasteiger partial charge < -0.3 is 0 Å². The fourth-order valence-electron chi connectivity index (χ4n) is 2.77. The Kier molecular flexibility index (Phi) is 4.73. The van der Waals surface area contributed by atoms with E-state index in [1.165, 1.54) is 30.3 Å². The van der Waals surface area contributed by atoms with Crippen molar-refractivity contribution in [1.82, 2.24) is 0 Å². The normalized spacial score (nSPS) is 18.5. The first kappa shape index (κ1) is 19.7. The lowest BCUT2D eigenvalue weighted by atomic mass is 9.95. The SMILES string of the molecule is CC1(C)CS(=O)(=O)N(c2ccc(S(=O)(=O)Nc3ccccc3Cl)cc2)C1=O. The van der Waals surface area contributed by atoms with Gasteiger partial charge in [-0.15, -0.1) is 0 Å². The first-order valence-electron chi connectivity index (χ1n) is 7.89. The van der Waals surface area contributed by atoms with E-state index in [-0.39, 0.29) is 27.0 Å². The number of amides is 1. The molecule has 1 aliphatic heterocycles. The quantitative estimate of drug-likeness (QED) is 0.806. The van der Waals surface area contributed by atoms with Gasteiger partial charge in [0.05, 0.1) is 32.5 Å². The van der Waals surface area contributed by atoms with Gasteiger partial charge in [-0.2, -0.15) is 0 Å². The molecule has 7 nitrogen and oxygen atoms in total. The maximum atomic E-state index is 12.5. The Morgan fingerprint density at radius 2 is 1.67 bits per heavy atom. The minimum Gasteiger partial charge on any atom is -0.278 e. The van der Waals surface area contributed by atoms with Gasteiger partial charge in [0.2, 0.25) is 15.9 Å². The Labute approximate surface area is 163 Å². The number of sulfonamides is 2. The van der Waals surface area contributed by atoms with Gasteiger partial charge in [0.15, 0.2) is 0 Å². The Morgan fingerprint density at radius 1 is 1.07 bits per heavy atom. The zero-order chi connectivity index (χ0) is 20.0. The third-order valence-electron chi connectivity index (χ3n) is 4.08. The van der Waals surface area contributed by atoms with Gasteiger partial charge in [-0.25, -0.2) is 21.1 Å². The summed E-state index contributed by atoms with van der Waals surface area (Å²) in [7, 11) is -7.73. The van der Waals surface area contributed by atoms with Gasteiger partial charge in [-0.05, 0) is 50.2 Å². The van der Waals surface area contributed by atoms with Crippen LogP contribution in [0.5, 0.6) is 0 Å². The van der Waals surface area contributed by atoms with E-state index in [2.05, 4.69) is 4.72 Å². The predicted molar refractivity (Wildman–Crippen MR) is 104 cm³/mol. The minimum absolute atomic E-state index is 0.0885. The van der Waals surface area contributed by atoms with E-state index in [1.807, 2.05) is 0 Å². The van der Waals surface area contributed by atoms with Crippen LogP contribution in [-0.2, 0) is 24.8 Å². The van der Waals surface area contributed by atoms with E-state index < -0.39 is 31.4 Å². The monoisotopic (exact) mass is 428 g/mol. The Bertz CT molecular complexity index is 1110. The number of hydrogen-bond acceptors (Lipinski definition) is 5. The molecule has 1 heterocycles. The van der Waals surface area contributed by atoms with E-state index in [9.17, 15) is 21.6 Å². The van der Waals surface area contributed by atoms with E-state index in [0.717, 1.165) is 4.31 Å². The molecule has 1 fully saturated rings. The number of para-hydroxylation sites is 1. The lowest BCUT2D eigenvalue weighted by Gasteiger charge is -2.18. The highest BCUT2D eigenvalue weighted by Gasteiger charge is 2.49. The number of carbonyl (C=O) groups excluding carboxylic acids is 1. The van der Waals surface area contributed by atoms with Gasteiger partial charge in [0.25, 0.3) is 10.0 Å². The first-order valence-corrected chi connectivity index (χ1v) is 11.4. The molecule has 1 saturated heterocycles. The summed E-state index contributed by atoms with van der Waals surface area (Å²) < 4.78 is 52.7. The van der Waals surface area contributed by atoms with Gasteiger partial charge in [-0.1, -0.05) is 23.7 Å². The van der Waals surface area contributed by atoms with Crippen LogP contribution in [0.2, 0.25) is 5.02 Å². The second-order valence-corrected chi connectivity index (χ2v) is 10.7. The van der Waals surface area contributed by atoms with Gasteiger partial charge in [0.1, 0.15) is 0 Å². The molecule has 0 saturated carbocycles. The largest absolute Gasteiger partial charge is 0.278 e. The van der Waals surface area contributed by atoms with E-state index >= 15 is 0 Å². The summed E-state index contributed by atoms with van der Waals surface area (Å²) >= 11 is 5.97. The van der Waals surface area contributed by atoms with Crippen molar-refractivity contribution in [2.24, 2.45) is 5.41 Å². The summed E-state index contributed by atoms with van der Waals surface area (Å²) in [6, 6.07) is 11.4. The number of carbonyl (C=O) groups is 1. The molecular formula is C17H17ClN2O5S2. The molecule has 1 aliphatic rings. The van der Waals surface area contributed by atoms with Crippen molar-refractivity contribution in [1.29, 1.82) is 0 Å². The maximum absolute atomic E-state index is 12.5. The molecule has 1 amide bonds. The molecule has 3 rings (SSSR count). The van der Waals surface area contributed by atoms with Crippen LogP contribution in [0.3, 0.4) is 0 Å². The topological polar surface area (TPSA) is 101 Å². The van der Waals surface area contributed by atoms with Crippen molar-refractivity contribution in [3.8, 4) is 0 Å². The fourth-order valence-corrected chi connectivity index (χ4v) is 6.20. The summed E-state index contributed by atoms with van der Waals surface area (Å²) in [5.41, 5.74) is -0.709. The van der Waals surface area contributed by atoms with Crippen LogP contribution in [0, 0.1) is 5.41 Å². The van der Waals surface area contributed by atoms with Crippen LogP contribution < -0.4 is 9.03 Å². The summed E-state index contributed by atoms with van der Waals surface area (Å²) in [6.45, 7) is 3.11. The maximum Gasteiger partial charge on any atom is 0.261 e. The van der Waals surface area contributed by atoms with Gasteiger partial charge >= 0.3 is 0 Å². The van der Waals surface area contributed by atoms with Crippen LogP contribution in [0.15, 0.2) is 53.4 Å². The van der Waals surface area contributed by atoms with Crippen molar-refractivity contribution >= 4 is 48.9 Å². The highest BCUT2D eigenvalue weighted by Crippen LogP contribution is 2.36. The number of nitrogens with zero attached hydrogens (tertiary/aromatic N) is 1. The van der Waals surface area contributed by atoms with E-state index in [0.29, 0.717) is 0 Å². The van der Waals surface area contributed by atoms with E-state index in [1.54, 1.807) is 32.0 Å². The molecule has 0 aromatic heterocycles. The third kappa shape index (κ3) is 3.67. The Balaban J connectivity index is 1.92. The Hall–Kier alpha value is -2.10. The van der Waals surface area contributed by atoms with Crippen LogP contribution >= 0.6 is 11.6 Å². The highest BCUT2D eigenvalue weighted by molar-refractivity contribution is 7.94. The number of rotatable bonds is 4. The van der Waals surface area contributed by atoms with Crippen molar-refractivity contribution < 1.29 is 21.6 Å². The van der Waals surface area contributed by atoms with Gasteiger partial charge in [0, 0.05) is 0 Å². The van der Waals surface area contributed by atoms with Gasteiger partial charge in [-0.3, -0.25) is 9.52 Å². The predicted octanol–water partition coefficient (Wildman–Crippen LogP) is 2.84. The van der Waals surface area contributed by atoms with E-state index in [4.69, 9.17) is 11.6 Å². The lowest BCUT2D eigenvalue weighted by Crippen LogP contribution is -2.32. The van der Waals surface area contributed by atoms with Crippen molar-refractivity contribution in [2.45, 2.75) is 18.7 Å². The average molecular weight is 429 g/mol. The second-order valence-electron chi connectivity index (χ2n) is 6.79. The zero-order valence-electron chi connectivity index (χ0n) is 14.5. The fraction of sp³-hybridized carbons (Fsp3) is 0.235. The summed E-state index contributed by atoms with van der Waals surface area (Å²) in [6.07, 6.45) is 0. The number of halogens is 1. The molecule has 0 spiro atoms. The zero-order valence-corrected chi connectivity index (χ0v) is 16.9. The second kappa shape index (κ2) is 6.50. The summed E-state index contributed by atoms with van der Waals surface area (Å²) in [5.74, 6) is -0.847. The Morgan fingerprint density at radius 3 is 2.19 bits per heavy atom. The van der Waals surface area contributed by atoms with Crippen LogP contribution in [0.1, 0.15) is 13.8 Å². The summed E-state index contributed by atoms with van der Waals surface area (Å²) in [4.78, 5) is 12.3. The minimum atomic E-state index is -3.93. The molecule has 10 heteroatoms. The smallest absolute Gasteiger partial charge is 0.261 e. The molecular weight excluding hydrogens is 412 g/mol.